The lowest BCUT2D eigenvalue weighted by atomic mass is 9.81. The maximum atomic E-state index is 12.7. The van der Waals surface area contributed by atoms with Gasteiger partial charge in [0, 0.05) is 24.5 Å². The minimum absolute atomic E-state index is 0.0398. The Morgan fingerprint density at radius 3 is 3.05 bits per heavy atom. The van der Waals surface area contributed by atoms with E-state index in [0.29, 0.717) is 12.3 Å². The molecule has 0 aromatic carbocycles. The number of hydrogen-bond acceptors (Lipinski definition) is 4. The Hall–Kier alpha value is -0.870. The highest BCUT2D eigenvalue weighted by atomic mass is 32.2. The van der Waals surface area contributed by atoms with Crippen molar-refractivity contribution in [1.29, 1.82) is 0 Å². The van der Waals surface area contributed by atoms with Gasteiger partial charge in [0.2, 0.25) is 0 Å². The molecule has 1 aromatic rings. The molecule has 0 bridgehead atoms. The molecule has 0 N–H and O–H groups in total. The molecule has 2 unspecified atom stereocenters. The number of Topliss-reactive ketones (excluding diaryl/α,β-unsaturated/α-hetero) is 1. The molecule has 0 radical (unpaired) electrons. The monoisotopic (exact) mass is 291 g/mol. The lowest BCUT2D eigenvalue weighted by Gasteiger charge is -2.37. The first-order valence-electron chi connectivity index (χ1n) is 7.29. The Morgan fingerprint density at radius 1 is 1.50 bits per heavy atom. The smallest absolute Gasteiger partial charge is 0.184 e. The van der Waals surface area contributed by atoms with Crippen molar-refractivity contribution < 1.29 is 9.53 Å². The van der Waals surface area contributed by atoms with Crippen LogP contribution in [0.25, 0.3) is 0 Å². The third-order valence-corrected chi connectivity index (χ3v) is 5.60. The average molecular weight is 291 g/mol. The zero-order valence-corrected chi connectivity index (χ0v) is 13.0. The summed E-state index contributed by atoms with van der Waals surface area (Å²) in [5.74, 6) is 2.48. The highest BCUT2D eigenvalue weighted by Gasteiger charge is 2.42. The van der Waals surface area contributed by atoms with Gasteiger partial charge in [-0.05, 0) is 50.0 Å². The zero-order valence-electron chi connectivity index (χ0n) is 12.1. The molecule has 108 valence electrons. The molecule has 1 spiro atoms. The van der Waals surface area contributed by atoms with E-state index in [2.05, 4.69) is 4.98 Å². The van der Waals surface area contributed by atoms with Crippen molar-refractivity contribution in [2.24, 2.45) is 5.92 Å². The van der Waals surface area contributed by atoms with Crippen molar-refractivity contribution in [3.63, 3.8) is 0 Å². The molecule has 2 fully saturated rings. The van der Waals surface area contributed by atoms with E-state index in [1.165, 1.54) is 0 Å². The summed E-state index contributed by atoms with van der Waals surface area (Å²) in [5.41, 5.74) is 2.72. The fourth-order valence-corrected chi connectivity index (χ4v) is 4.66. The molecule has 4 heteroatoms. The Bertz CT molecular complexity index is 523. The maximum Gasteiger partial charge on any atom is 0.184 e. The van der Waals surface area contributed by atoms with Crippen LogP contribution in [0.4, 0.5) is 0 Å². The quantitative estimate of drug-likeness (QED) is 0.785. The molecule has 2 aliphatic heterocycles. The average Bonchev–Trinajstić information content (AvgIpc) is 2.86. The first kappa shape index (κ1) is 14.1. The third-order valence-electron chi connectivity index (χ3n) is 4.38. The molecular formula is C16H21NO2S. The van der Waals surface area contributed by atoms with E-state index >= 15 is 0 Å². The summed E-state index contributed by atoms with van der Waals surface area (Å²) in [4.78, 5) is 17.1. The first-order chi connectivity index (χ1) is 9.60. The number of pyridine rings is 1. The van der Waals surface area contributed by atoms with Gasteiger partial charge in [0.25, 0.3) is 0 Å². The molecule has 3 heterocycles. The van der Waals surface area contributed by atoms with E-state index in [1.807, 2.05) is 31.7 Å². The second-order valence-electron chi connectivity index (χ2n) is 6.07. The molecule has 20 heavy (non-hydrogen) atoms. The van der Waals surface area contributed by atoms with Crippen LogP contribution in [0.1, 0.15) is 40.9 Å². The normalized spacial score (nSPS) is 29.8. The number of nitrogens with zero attached hydrogens (tertiary/aromatic N) is 1. The lowest BCUT2D eigenvalue weighted by Crippen LogP contribution is -2.42. The van der Waals surface area contributed by atoms with Crippen LogP contribution in [0.15, 0.2) is 12.3 Å². The van der Waals surface area contributed by atoms with Gasteiger partial charge in [0.05, 0.1) is 5.60 Å². The van der Waals surface area contributed by atoms with Gasteiger partial charge in [0.1, 0.15) is 5.69 Å². The van der Waals surface area contributed by atoms with Crippen LogP contribution in [0, 0.1) is 19.8 Å². The topological polar surface area (TPSA) is 39.2 Å². The van der Waals surface area contributed by atoms with E-state index in [1.54, 1.807) is 6.20 Å². The van der Waals surface area contributed by atoms with Gasteiger partial charge >= 0.3 is 0 Å². The summed E-state index contributed by atoms with van der Waals surface area (Å²) < 4.78 is 6.00. The van der Waals surface area contributed by atoms with Crippen LogP contribution in [-0.4, -0.2) is 34.5 Å². The van der Waals surface area contributed by atoms with Gasteiger partial charge in [-0.3, -0.25) is 9.78 Å². The predicted octanol–water partition coefficient (Wildman–Crippen LogP) is 3.18. The molecule has 0 amide bonds. The predicted molar refractivity (Wildman–Crippen MR) is 81.4 cm³/mol. The van der Waals surface area contributed by atoms with Crippen molar-refractivity contribution in [3.05, 3.63) is 29.1 Å². The number of ether oxygens (including phenoxy) is 1. The van der Waals surface area contributed by atoms with E-state index < -0.39 is 0 Å². The van der Waals surface area contributed by atoms with Crippen LogP contribution in [-0.2, 0) is 4.74 Å². The van der Waals surface area contributed by atoms with Gasteiger partial charge in [-0.25, -0.2) is 0 Å². The fraction of sp³-hybridized carbons (Fsp3) is 0.625. The zero-order chi connectivity index (χ0) is 14.2. The molecule has 1 aromatic heterocycles. The van der Waals surface area contributed by atoms with E-state index in [0.717, 1.165) is 41.9 Å². The van der Waals surface area contributed by atoms with Crippen molar-refractivity contribution in [2.75, 3.05) is 18.1 Å². The Kier molecular flexibility index (Phi) is 3.87. The maximum absolute atomic E-state index is 12.7. The Morgan fingerprint density at radius 2 is 2.35 bits per heavy atom. The van der Waals surface area contributed by atoms with Crippen molar-refractivity contribution in [1.82, 2.24) is 4.98 Å². The number of carbonyl (C=O) groups excluding carboxylic acids is 1. The number of rotatable bonds is 2. The van der Waals surface area contributed by atoms with Gasteiger partial charge in [-0.1, -0.05) is 6.07 Å². The highest BCUT2D eigenvalue weighted by Crippen LogP contribution is 2.41. The molecule has 3 nitrogen and oxygen atoms in total. The lowest BCUT2D eigenvalue weighted by molar-refractivity contribution is -0.0735. The largest absolute Gasteiger partial charge is 0.374 e. The van der Waals surface area contributed by atoms with Gasteiger partial charge in [-0.15, -0.1) is 0 Å². The molecule has 2 aliphatic rings. The molecule has 0 saturated carbocycles. The number of aryl methyl sites for hydroxylation is 2. The van der Waals surface area contributed by atoms with Crippen LogP contribution in [0.3, 0.4) is 0 Å². The van der Waals surface area contributed by atoms with Crippen LogP contribution >= 0.6 is 11.8 Å². The number of aromatic nitrogens is 1. The van der Waals surface area contributed by atoms with Crippen LogP contribution < -0.4 is 0 Å². The number of ketones is 1. The summed E-state index contributed by atoms with van der Waals surface area (Å²) in [6.07, 6.45) is 4.58. The van der Waals surface area contributed by atoms with Crippen molar-refractivity contribution >= 4 is 17.5 Å². The fourth-order valence-electron chi connectivity index (χ4n) is 3.28. The minimum Gasteiger partial charge on any atom is -0.374 e. The van der Waals surface area contributed by atoms with Crippen molar-refractivity contribution in [2.45, 2.75) is 38.7 Å². The van der Waals surface area contributed by atoms with Crippen LogP contribution in [0.2, 0.25) is 0 Å². The van der Waals surface area contributed by atoms with Crippen molar-refractivity contribution in [3.8, 4) is 0 Å². The molecular weight excluding hydrogens is 270 g/mol. The minimum atomic E-state index is -0.0398. The Balaban J connectivity index is 1.79. The molecule has 2 saturated heterocycles. The van der Waals surface area contributed by atoms with Crippen LogP contribution in [0.5, 0.6) is 0 Å². The van der Waals surface area contributed by atoms with Gasteiger partial charge in [0.15, 0.2) is 5.78 Å². The number of carbonyl (C=O) groups is 1. The molecule has 2 atom stereocenters. The first-order valence-corrected chi connectivity index (χ1v) is 8.44. The SMILES string of the molecule is Cc1cnc(C(=O)C2CCOC3(CCSC3)C2)c(C)c1. The second kappa shape index (κ2) is 5.49. The summed E-state index contributed by atoms with van der Waals surface area (Å²) in [6, 6.07) is 2.04. The second-order valence-corrected chi connectivity index (χ2v) is 7.17. The number of thioether (sulfide) groups is 1. The molecule has 3 rings (SSSR count). The van der Waals surface area contributed by atoms with Gasteiger partial charge < -0.3 is 4.74 Å². The third kappa shape index (κ3) is 2.63. The summed E-state index contributed by atoms with van der Waals surface area (Å²) in [7, 11) is 0. The number of hydrogen-bond donors (Lipinski definition) is 0. The molecule has 0 aliphatic carbocycles. The highest BCUT2D eigenvalue weighted by molar-refractivity contribution is 7.99. The van der Waals surface area contributed by atoms with E-state index in [-0.39, 0.29) is 17.3 Å². The summed E-state index contributed by atoms with van der Waals surface area (Å²) >= 11 is 1.94. The van der Waals surface area contributed by atoms with E-state index in [4.69, 9.17) is 4.74 Å². The Labute approximate surface area is 124 Å². The summed E-state index contributed by atoms with van der Waals surface area (Å²) in [5, 5.41) is 0. The standard InChI is InChI=1S/C16H21NO2S/c1-11-7-12(2)14(17-9-11)15(18)13-3-5-19-16(8-13)4-6-20-10-16/h7,9,13H,3-6,8,10H2,1-2H3. The summed E-state index contributed by atoms with van der Waals surface area (Å²) in [6.45, 7) is 4.70. The van der Waals surface area contributed by atoms with Gasteiger partial charge in [-0.2, -0.15) is 11.8 Å². The van der Waals surface area contributed by atoms with E-state index in [9.17, 15) is 4.79 Å².